The Morgan fingerprint density at radius 1 is 0.762 bits per heavy atom. The van der Waals surface area contributed by atoms with Crippen LogP contribution in [0.4, 0.5) is 14.4 Å². The Kier molecular flexibility index (Phi) is 8.66. The molecule has 0 N–H and O–H groups in total. The van der Waals surface area contributed by atoms with Gasteiger partial charge in [-0.1, -0.05) is 0 Å². The summed E-state index contributed by atoms with van der Waals surface area (Å²) in [5.41, 5.74) is 0. The van der Waals surface area contributed by atoms with Gasteiger partial charge in [-0.15, -0.1) is 0 Å². The van der Waals surface area contributed by atoms with Gasteiger partial charge in [0, 0.05) is 0 Å². The highest BCUT2D eigenvalue weighted by molar-refractivity contribution is 5.61. The third-order valence-electron chi connectivity index (χ3n) is 2.29. The molecule has 0 amide bonds. The highest BCUT2D eigenvalue weighted by Gasteiger charge is 2.23. The summed E-state index contributed by atoms with van der Waals surface area (Å²) in [5.74, 6) is 0. The predicted octanol–water partition coefficient (Wildman–Crippen LogP) is 1.87. The first-order valence-electron chi connectivity index (χ1n) is 6.12. The van der Waals surface area contributed by atoms with E-state index in [1.165, 1.54) is 20.8 Å². The predicted molar refractivity (Wildman–Crippen MR) is 67.8 cm³/mol. The SMILES string of the molecule is COC(=O)OCC(C)OC(=O)OC(C)C(C)OC(=O)OC. The molecule has 0 heterocycles. The molecule has 0 fully saturated rings. The maximum Gasteiger partial charge on any atom is 0.509 e. The molecule has 9 heteroatoms. The molecule has 0 aromatic rings. The van der Waals surface area contributed by atoms with Crippen LogP contribution in [0, 0.1) is 0 Å². The summed E-state index contributed by atoms with van der Waals surface area (Å²) < 4.78 is 27.7. The molecule has 0 aliphatic heterocycles. The van der Waals surface area contributed by atoms with E-state index in [0.29, 0.717) is 0 Å². The number of ether oxygens (including phenoxy) is 6. The van der Waals surface area contributed by atoms with Gasteiger partial charge in [-0.2, -0.15) is 0 Å². The molecule has 0 aliphatic rings. The summed E-state index contributed by atoms with van der Waals surface area (Å²) in [6.45, 7) is 4.37. The molecule has 0 aliphatic carbocycles. The molecule has 21 heavy (non-hydrogen) atoms. The Morgan fingerprint density at radius 2 is 1.24 bits per heavy atom. The lowest BCUT2D eigenvalue weighted by Gasteiger charge is -2.20. The van der Waals surface area contributed by atoms with E-state index in [1.807, 2.05) is 0 Å². The fraction of sp³-hybridized carbons (Fsp3) is 0.750. The summed E-state index contributed by atoms with van der Waals surface area (Å²) in [4.78, 5) is 33.1. The van der Waals surface area contributed by atoms with E-state index in [0.717, 1.165) is 14.2 Å². The van der Waals surface area contributed by atoms with Crippen LogP contribution in [0.1, 0.15) is 20.8 Å². The first-order valence-corrected chi connectivity index (χ1v) is 6.12. The minimum absolute atomic E-state index is 0.176. The standard InChI is InChI=1S/C12H20O9/c1-7(6-18-10(13)16-4)19-12(15)21-9(3)8(2)20-11(14)17-5/h7-9H,6H2,1-5H3. The molecule has 0 rings (SSSR count). The third kappa shape index (κ3) is 8.56. The van der Waals surface area contributed by atoms with Crippen molar-refractivity contribution in [1.82, 2.24) is 0 Å². The summed E-state index contributed by atoms with van der Waals surface area (Å²) >= 11 is 0. The van der Waals surface area contributed by atoms with Crippen molar-refractivity contribution in [2.24, 2.45) is 0 Å². The maximum atomic E-state index is 11.4. The van der Waals surface area contributed by atoms with Crippen molar-refractivity contribution in [3.63, 3.8) is 0 Å². The largest absolute Gasteiger partial charge is 0.509 e. The number of rotatable bonds is 6. The Bertz CT molecular complexity index is 355. The van der Waals surface area contributed by atoms with Crippen molar-refractivity contribution in [2.75, 3.05) is 20.8 Å². The molecule has 122 valence electrons. The van der Waals surface area contributed by atoms with Crippen LogP contribution < -0.4 is 0 Å². The molecular weight excluding hydrogens is 288 g/mol. The summed E-state index contributed by atoms with van der Waals surface area (Å²) in [5, 5.41) is 0. The van der Waals surface area contributed by atoms with E-state index in [1.54, 1.807) is 0 Å². The highest BCUT2D eigenvalue weighted by atomic mass is 16.8. The van der Waals surface area contributed by atoms with Crippen molar-refractivity contribution < 1.29 is 42.8 Å². The summed E-state index contributed by atoms with van der Waals surface area (Å²) in [6, 6.07) is 0. The number of hydrogen-bond acceptors (Lipinski definition) is 9. The second-order valence-electron chi connectivity index (χ2n) is 4.04. The highest BCUT2D eigenvalue weighted by Crippen LogP contribution is 2.07. The Morgan fingerprint density at radius 3 is 1.71 bits per heavy atom. The van der Waals surface area contributed by atoms with Gasteiger partial charge in [0.2, 0.25) is 0 Å². The van der Waals surface area contributed by atoms with Crippen molar-refractivity contribution in [1.29, 1.82) is 0 Å². The quantitative estimate of drug-likeness (QED) is 0.536. The fourth-order valence-electron chi connectivity index (χ4n) is 1.01. The van der Waals surface area contributed by atoms with E-state index < -0.39 is 36.8 Å². The van der Waals surface area contributed by atoms with E-state index in [-0.39, 0.29) is 6.61 Å². The average Bonchev–Trinajstić information content (AvgIpc) is 2.43. The Balaban J connectivity index is 4.06. The topological polar surface area (TPSA) is 107 Å². The lowest BCUT2D eigenvalue weighted by molar-refractivity contribution is -0.0547. The number of methoxy groups -OCH3 is 2. The average molecular weight is 308 g/mol. The minimum atomic E-state index is -0.983. The molecule has 0 saturated carbocycles. The maximum absolute atomic E-state index is 11.4. The third-order valence-corrected chi connectivity index (χ3v) is 2.29. The van der Waals surface area contributed by atoms with Gasteiger partial charge >= 0.3 is 18.5 Å². The van der Waals surface area contributed by atoms with Crippen molar-refractivity contribution in [3.8, 4) is 0 Å². The van der Waals surface area contributed by atoms with Gasteiger partial charge in [0.25, 0.3) is 0 Å². The molecule has 0 spiro atoms. The number of carbonyl (C=O) groups is 3. The fourth-order valence-corrected chi connectivity index (χ4v) is 1.01. The molecule has 3 atom stereocenters. The van der Waals surface area contributed by atoms with Crippen molar-refractivity contribution >= 4 is 18.5 Å². The van der Waals surface area contributed by atoms with Crippen LogP contribution in [0.2, 0.25) is 0 Å². The zero-order valence-electron chi connectivity index (χ0n) is 12.6. The van der Waals surface area contributed by atoms with Gasteiger partial charge in [0.1, 0.15) is 24.9 Å². The van der Waals surface area contributed by atoms with E-state index >= 15 is 0 Å². The van der Waals surface area contributed by atoms with Crippen LogP contribution in [0.15, 0.2) is 0 Å². The van der Waals surface area contributed by atoms with Gasteiger partial charge in [0.15, 0.2) is 0 Å². The summed E-state index contributed by atoms with van der Waals surface area (Å²) in [6.07, 6.45) is -4.93. The Labute approximate surface area is 122 Å². The zero-order valence-corrected chi connectivity index (χ0v) is 12.6. The zero-order chi connectivity index (χ0) is 16.4. The molecule has 0 aromatic heterocycles. The van der Waals surface area contributed by atoms with Gasteiger partial charge in [-0.25, -0.2) is 14.4 Å². The van der Waals surface area contributed by atoms with Gasteiger partial charge < -0.3 is 28.4 Å². The second kappa shape index (κ2) is 9.67. The molecule has 9 nitrogen and oxygen atoms in total. The molecule has 0 radical (unpaired) electrons. The van der Waals surface area contributed by atoms with Crippen LogP contribution in [0.3, 0.4) is 0 Å². The van der Waals surface area contributed by atoms with Crippen molar-refractivity contribution in [2.45, 2.75) is 39.1 Å². The van der Waals surface area contributed by atoms with Gasteiger partial charge in [-0.05, 0) is 20.8 Å². The monoisotopic (exact) mass is 308 g/mol. The smallest absolute Gasteiger partial charge is 0.438 e. The molecule has 0 bridgehead atoms. The molecular formula is C12H20O9. The number of hydrogen-bond donors (Lipinski definition) is 0. The summed E-state index contributed by atoms with van der Waals surface area (Å²) in [7, 11) is 2.32. The number of carbonyl (C=O) groups excluding carboxylic acids is 3. The normalized spacial score (nSPS) is 14.1. The van der Waals surface area contributed by atoms with E-state index in [2.05, 4.69) is 14.2 Å². The van der Waals surface area contributed by atoms with Gasteiger partial charge in [0.05, 0.1) is 14.2 Å². The minimum Gasteiger partial charge on any atom is -0.438 e. The molecule has 0 saturated heterocycles. The Hall–Kier alpha value is -2.19. The van der Waals surface area contributed by atoms with Crippen LogP contribution in [-0.4, -0.2) is 57.6 Å². The van der Waals surface area contributed by atoms with Crippen LogP contribution in [0.5, 0.6) is 0 Å². The second-order valence-corrected chi connectivity index (χ2v) is 4.04. The van der Waals surface area contributed by atoms with Crippen LogP contribution in [0.25, 0.3) is 0 Å². The van der Waals surface area contributed by atoms with E-state index in [9.17, 15) is 14.4 Å². The van der Waals surface area contributed by atoms with Crippen LogP contribution in [-0.2, 0) is 28.4 Å². The first-order chi connectivity index (χ1) is 9.79. The first kappa shape index (κ1) is 18.8. The molecule has 3 unspecified atom stereocenters. The van der Waals surface area contributed by atoms with Crippen molar-refractivity contribution in [3.05, 3.63) is 0 Å². The lowest BCUT2D eigenvalue weighted by atomic mass is 10.2. The lowest BCUT2D eigenvalue weighted by Crippen LogP contribution is -2.32. The van der Waals surface area contributed by atoms with E-state index in [4.69, 9.17) is 14.2 Å². The molecule has 0 aromatic carbocycles. The van der Waals surface area contributed by atoms with Crippen LogP contribution >= 0.6 is 0 Å². The van der Waals surface area contributed by atoms with Gasteiger partial charge in [-0.3, -0.25) is 0 Å².